The predicted molar refractivity (Wildman–Crippen MR) is 132 cm³/mol. The smallest absolute Gasteiger partial charge is 0.318 e. The van der Waals surface area contributed by atoms with E-state index < -0.39 is 27.1 Å². The molecule has 1 N–H and O–H groups in total. The van der Waals surface area contributed by atoms with Crippen molar-refractivity contribution in [3.05, 3.63) is 96.0 Å². The Kier molecular flexibility index (Phi) is 8.06. The number of nitro groups is 2. The molecule has 3 rings (SSSR count). The summed E-state index contributed by atoms with van der Waals surface area (Å²) in [6.07, 6.45) is 1.25. The summed E-state index contributed by atoms with van der Waals surface area (Å²) in [7, 11) is 1.34. The first-order valence-electron chi connectivity index (χ1n) is 9.80. The maximum atomic E-state index is 12.6. The largest absolute Gasteiger partial charge is 0.493 e. The molecular weight excluding hydrogens is 515 g/mol. The quantitative estimate of drug-likeness (QED) is 0.157. The number of rotatable bonds is 8. The standard InChI is InChI=1S/C23H14Cl2N4O7/c1-35-20-7-5-13(9-14(12-26)23(30)27-17-4-2-3-16(24)22(17)25)10-21(20)36-19-8-6-15(28(31)32)11-18(19)29(33)34/h2-11H,1H3,(H,27,30)/b14-9+. The number of non-ortho nitro benzene ring substituents is 1. The summed E-state index contributed by atoms with van der Waals surface area (Å²) in [6, 6.07) is 13.7. The van der Waals surface area contributed by atoms with Crippen molar-refractivity contribution >= 4 is 52.2 Å². The lowest BCUT2D eigenvalue weighted by molar-refractivity contribution is -0.394. The molecule has 0 saturated heterocycles. The molecule has 11 nitrogen and oxygen atoms in total. The zero-order valence-electron chi connectivity index (χ0n) is 18.2. The number of carbonyl (C=O) groups excluding carboxylic acids is 1. The van der Waals surface area contributed by atoms with Gasteiger partial charge >= 0.3 is 5.69 Å². The monoisotopic (exact) mass is 528 g/mol. The molecule has 0 heterocycles. The molecule has 0 radical (unpaired) electrons. The molecule has 3 aromatic rings. The van der Waals surface area contributed by atoms with Crippen LogP contribution in [0.4, 0.5) is 17.1 Å². The number of hydrogen-bond donors (Lipinski definition) is 1. The molecule has 0 aromatic heterocycles. The maximum Gasteiger partial charge on any atom is 0.318 e. The molecule has 0 aliphatic rings. The van der Waals surface area contributed by atoms with Gasteiger partial charge in [-0.3, -0.25) is 25.0 Å². The van der Waals surface area contributed by atoms with Gasteiger partial charge in [0.15, 0.2) is 11.5 Å². The number of nitrogens with one attached hydrogen (secondary N) is 1. The summed E-state index contributed by atoms with van der Waals surface area (Å²) < 4.78 is 10.9. The number of hydrogen-bond acceptors (Lipinski definition) is 8. The minimum absolute atomic E-state index is 0.00112. The van der Waals surface area contributed by atoms with Crippen molar-refractivity contribution < 1.29 is 24.1 Å². The Bertz CT molecular complexity index is 1450. The molecular formula is C23H14Cl2N4O7. The summed E-state index contributed by atoms with van der Waals surface area (Å²) >= 11 is 12.0. The van der Waals surface area contributed by atoms with Crippen LogP contribution in [0.1, 0.15) is 5.56 Å². The number of amides is 1. The minimum atomic E-state index is -0.822. The van der Waals surface area contributed by atoms with Gasteiger partial charge in [-0.25, -0.2) is 0 Å². The van der Waals surface area contributed by atoms with Crippen LogP contribution in [0.5, 0.6) is 17.2 Å². The fourth-order valence-corrected chi connectivity index (χ4v) is 3.28. The Labute approximate surface area is 213 Å². The third kappa shape index (κ3) is 5.87. The van der Waals surface area contributed by atoms with E-state index in [1.807, 2.05) is 0 Å². The first-order chi connectivity index (χ1) is 17.1. The van der Waals surface area contributed by atoms with Gasteiger partial charge in [-0.1, -0.05) is 35.3 Å². The predicted octanol–water partition coefficient (Wildman–Crippen LogP) is 6.16. The van der Waals surface area contributed by atoms with E-state index in [4.69, 9.17) is 32.7 Å². The lowest BCUT2D eigenvalue weighted by Gasteiger charge is -2.12. The highest BCUT2D eigenvalue weighted by molar-refractivity contribution is 6.44. The molecule has 3 aromatic carbocycles. The molecule has 1 amide bonds. The summed E-state index contributed by atoms with van der Waals surface area (Å²) in [6.45, 7) is 0. The van der Waals surface area contributed by atoms with Crippen molar-refractivity contribution in [2.45, 2.75) is 0 Å². The number of anilines is 1. The third-order valence-electron chi connectivity index (χ3n) is 4.63. The lowest BCUT2D eigenvalue weighted by Crippen LogP contribution is -2.13. The van der Waals surface area contributed by atoms with Crippen LogP contribution in [-0.4, -0.2) is 22.9 Å². The highest BCUT2D eigenvalue weighted by atomic mass is 35.5. The van der Waals surface area contributed by atoms with E-state index in [0.717, 1.165) is 18.2 Å². The Hall–Kier alpha value is -4.66. The van der Waals surface area contributed by atoms with Crippen molar-refractivity contribution in [2.24, 2.45) is 0 Å². The fourth-order valence-electron chi connectivity index (χ4n) is 2.93. The second kappa shape index (κ2) is 11.2. The molecule has 0 spiro atoms. The van der Waals surface area contributed by atoms with Gasteiger partial charge < -0.3 is 14.8 Å². The van der Waals surface area contributed by atoms with E-state index in [-0.39, 0.29) is 38.6 Å². The molecule has 182 valence electrons. The highest BCUT2D eigenvalue weighted by Crippen LogP contribution is 2.39. The SMILES string of the molecule is COc1ccc(/C=C(\C#N)C(=O)Nc2cccc(Cl)c2Cl)cc1Oc1ccc([N+](=O)[O-])cc1[N+](=O)[O-]. The fraction of sp³-hybridized carbons (Fsp3) is 0.0435. The number of methoxy groups -OCH3 is 1. The summed E-state index contributed by atoms with van der Waals surface area (Å²) in [5.41, 5.74) is -0.882. The Morgan fingerprint density at radius 3 is 2.39 bits per heavy atom. The van der Waals surface area contributed by atoms with Crippen LogP contribution in [-0.2, 0) is 4.79 Å². The number of nitro benzene ring substituents is 2. The van der Waals surface area contributed by atoms with Gasteiger partial charge in [-0.15, -0.1) is 0 Å². The maximum absolute atomic E-state index is 12.6. The summed E-state index contributed by atoms with van der Waals surface area (Å²) in [5.74, 6) is -0.864. The topological polar surface area (TPSA) is 158 Å². The Balaban J connectivity index is 1.95. The molecule has 36 heavy (non-hydrogen) atoms. The molecule has 0 bridgehead atoms. The van der Waals surface area contributed by atoms with Gasteiger partial charge in [0.1, 0.15) is 11.6 Å². The number of ether oxygens (including phenoxy) is 2. The van der Waals surface area contributed by atoms with Crippen molar-refractivity contribution in [2.75, 3.05) is 12.4 Å². The van der Waals surface area contributed by atoms with Crippen LogP contribution in [0.15, 0.2) is 60.2 Å². The van der Waals surface area contributed by atoms with E-state index >= 15 is 0 Å². The number of halogens is 2. The summed E-state index contributed by atoms with van der Waals surface area (Å²) in [5, 5.41) is 34.7. The highest BCUT2D eigenvalue weighted by Gasteiger charge is 2.22. The van der Waals surface area contributed by atoms with Gasteiger partial charge in [0, 0.05) is 6.07 Å². The van der Waals surface area contributed by atoms with E-state index in [1.54, 1.807) is 12.1 Å². The van der Waals surface area contributed by atoms with Crippen LogP contribution >= 0.6 is 23.2 Å². The zero-order chi connectivity index (χ0) is 26.4. The van der Waals surface area contributed by atoms with Crippen LogP contribution in [0.3, 0.4) is 0 Å². The molecule has 0 aliphatic carbocycles. The molecule has 0 atom stereocenters. The van der Waals surface area contributed by atoms with Crippen molar-refractivity contribution in [3.8, 4) is 23.3 Å². The lowest BCUT2D eigenvalue weighted by atomic mass is 10.1. The molecule has 0 aliphatic heterocycles. The molecule has 0 saturated carbocycles. The van der Waals surface area contributed by atoms with Crippen molar-refractivity contribution in [3.63, 3.8) is 0 Å². The average molecular weight is 529 g/mol. The molecule has 0 fully saturated rings. The van der Waals surface area contributed by atoms with Gasteiger partial charge in [0.25, 0.3) is 11.6 Å². The van der Waals surface area contributed by atoms with Crippen molar-refractivity contribution in [1.82, 2.24) is 0 Å². The van der Waals surface area contributed by atoms with E-state index in [1.165, 1.54) is 43.5 Å². The number of nitriles is 1. The second-order valence-electron chi connectivity index (χ2n) is 6.90. The second-order valence-corrected chi connectivity index (χ2v) is 7.69. The van der Waals surface area contributed by atoms with Gasteiger partial charge in [0.05, 0.1) is 38.8 Å². The first kappa shape index (κ1) is 26.0. The molecule has 0 unspecified atom stereocenters. The Morgan fingerprint density at radius 1 is 1.03 bits per heavy atom. The van der Waals surface area contributed by atoms with Gasteiger partial charge in [-0.2, -0.15) is 5.26 Å². The third-order valence-corrected chi connectivity index (χ3v) is 5.45. The minimum Gasteiger partial charge on any atom is -0.493 e. The average Bonchev–Trinajstić information content (AvgIpc) is 2.85. The van der Waals surface area contributed by atoms with Gasteiger partial charge in [-0.05, 0) is 42.0 Å². The Morgan fingerprint density at radius 2 is 1.75 bits per heavy atom. The van der Waals surface area contributed by atoms with E-state index in [0.29, 0.717) is 5.56 Å². The van der Waals surface area contributed by atoms with E-state index in [2.05, 4.69) is 5.32 Å². The van der Waals surface area contributed by atoms with Crippen LogP contribution < -0.4 is 14.8 Å². The number of nitrogens with zero attached hydrogens (tertiary/aromatic N) is 3. The van der Waals surface area contributed by atoms with Crippen molar-refractivity contribution in [1.29, 1.82) is 5.26 Å². The van der Waals surface area contributed by atoms with Crippen LogP contribution in [0, 0.1) is 31.6 Å². The van der Waals surface area contributed by atoms with Gasteiger partial charge in [0.2, 0.25) is 5.75 Å². The van der Waals surface area contributed by atoms with E-state index in [9.17, 15) is 30.3 Å². The summed E-state index contributed by atoms with van der Waals surface area (Å²) in [4.78, 5) is 33.4. The number of carbonyl (C=O) groups is 1. The normalized spacial score (nSPS) is 10.8. The first-order valence-corrected chi connectivity index (χ1v) is 10.6. The molecule has 13 heteroatoms. The number of benzene rings is 3. The van der Waals surface area contributed by atoms with Crippen LogP contribution in [0.25, 0.3) is 6.08 Å². The van der Waals surface area contributed by atoms with Crippen LogP contribution in [0.2, 0.25) is 10.0 Å². The zero-order valence-corrected chi connectivity index (χ0v) is 19.7.